The largest absolute Gasteiger partial charge is 0.497 e. The molecule has 0 saturated heterocycles. The molecule has 2 heterocycles. The number of benzene rings is 2. The lowest BCUT2D eigenvalue weighted by Crippen LogP contribution is -3.13. The van der Waals surface area contributed by atoms with Crippen LogP contribution in [-0.4, -0.2) is 57.0 Å². The number of ether oxygens (including phenoxy) is 1. The van der Waals surface area contributed by atoms with Gasteiger partial charge in [-0.05, 0) is 36.4 Å². The van der Waals surface area contributed by atoms with Crippen LogP contribution in [0.1, 0.15) is 15.9 Å². The zero-order chi connectivity index (χ0) is 19.3. The summed E-state index contributed by atoms with van der Waals surface area (Å²) in [6, 6.07) is 13.3. The van der Waals surface area contributed by atoms with Crippen molar-refractivity contribution in [1.29, 1.82) is 0 Å². The second-order valence-corrected chi connectivity index (χ2v) is 8.33. The molecule has 1 amide bonds. The SMILES string of the molecule is COc1ccc(C(=O)N2N=C3c4ccccc4S(=O)(=O)N3[C@@H]2[NH+](C)C)cc1. The minimum Gasteiger partial charge on any atom is -0.497 e. The van der Waals surface area contributed by atoms with Crippen molar-refractivity contribution < 1.29 is 22.8 Å². The number of methoxy groups -OCH3 is 1. The highest BCUT2D eigenvalue weighted by atomic mass is 32.2. The lowest BCUT2D eigenvalue weighted by atomic mass is 10.2. The van der Waals surface area contributed by atoms with Crippen LogP contribution >= 0.6 is 0 Å². The first-order valence-electron chi connectivity index (χ1n) is 8.36. The number of hydrazone groups is 1. The van der Waals surface area contributed by atoms with Gasteiger partial charge in [0.05, 0.1) is 26.1 Å². The summed E-state index contributed by atoms with van der Waals surface area (Å²) >= 11 is 0. The molecule has 2 aromatic carbocycles. The maximum Gasteiger partial charge on any atom is 0.281 e. The Balaban J connectivity index is 1.81. The maximum absolute atomic E-state index is 13.1. The van der Waals surface area contributed by atoms with E-state index in [1.54, 1.807) is 69.7 Å². The Bertz CT molecular complexity index is 1050. The fourth-order valence-corrected chi connectivity index (χ4v) is 5.14. The van der Waals surface area contributed by atoms with E-state index in [4.69, 9.17) is 4.74 Å². The molecule has 2 aliphatic rings. The molecule has 8 nitrogen and oxygen atoms in total. The molecule has 0 aliphatic carbocycles. The number of amidine groups is 1. The fourth-order valence-electron chi connectivity index (χ4n) is 3.32. The van der Waals surface area contributed by atoms with Gasteiger partial charge in [0, 0.05) is 11.1 Å². The van der Waals surface area contributed by atoms with Gasteiger partial charge in [0.1, 0.15) is 5.75 Å². The van der Waals surface area contributed by atoms with E-state index in [-0.39, 0.29) is 16.6 Å². The van der Waals surface area contributed by atoms with Crippen LogP contribution in [0.2, 0.25) is 0 Å². The van der Waals surface area contributed by atoms with Crippen molar-refractivity contribution in [3.63, 3.8) is 0 Å². The Morgan fingerprint density at radius 1 is 1.11 bits per heavy atom. The van der Waals surface area contributed by atoms with Gasteiger partial charge in [-0.15, -0.1) is 5.10 Å². The van der Waals surface area contributed by atoms with E-state index in [2.05, 4.69) is 5.10 Å². The van der Waals surface area contributed by atoms with Gasteiger partial charge in [0.15, 0.2) is 5.84 Å². The monoisotopic (exact) mass is 387 g/mol. The molecule has 0 bridgehead atoms. The van der Waals surface area contributed by atoms with E-state index in [1.165, 1.54) is 9.31 Å². The van der Waals surface area contributed by atoms with E-state index >= 15 is 0 Å². The average molecular weight is 387 g/mol. The maximum atomic E-state index is 13.1. The van der Waals surface area contributed by atoms with Crippen molar-refractivity contribution in [2.75, 3.05) is 21.2 Å². The number of quaternary nitrogens is 1. The van der Waals surface area contributed by atoms with Gasteiger partial charge in [-0.2, -0.15) is 9.31 Å². The molecule has 0 spiro atoms. The van der Waals surface area contributed by atoms with Gasteiger partial charge in [-0.25, -0.2) is 8.42 Å². The molecular weight excluding hydrogens is 368 g/mol. The average Bonchev–Trinajstić information content (AvgIpc) is 3.17. The molecule has 27 heavy (non-hydrogen) atoms. The highest BCUT2D eigenvalue weighted by Crippen LogP contribution is 2.36. The standard InChI is InChI=1S/C18H18N4O4S/c1-20(2)18-21(17(23)12-8-10-13(26-3)11-9-12)19-16-14-6-4-5-7-15(14)27(24,25)22(16)18/h4-11,18H,1-3H3/p+1/t18-/m1/s1. The van der Waals surface area contributed by atoms with Gasteiger partial charge in [0.25, 0.3) is 22.2 Å². The Hall–Kier alpha value is -2.91. The highest BCUT2D eigenvalue weighted by Gasteiger charge is 2.54. The third kappa shape index (κ3) is 2.50. The van der Waals surface area contributed by atoms with Gasteiger partial charge in [-0.3, -0.25) is 9.69 Å². The molecule has 2 aliphatic heterocycles. The van der Waals surface area contributed by atoms with Crippen molar-refractivity contribution >= 4 is 21.8 Å². The molecule has 140 valence electrons. The minimum absolute atomic E-state index is 0.214. The van der Waals surface area contributed by atoms with Crippen LogP contribution < -0.4 is 9.64 Å². The molecule has 0 unspecified atom stereocenters. The lowest BCUT2D eigenvalue weighted by Gasteiger charge is -2.29. The van der Waals surface area contributed by atoms with E-state index in [0.717, 1.165) is 4.90 Å². The summed E-state index contributed by atoms with van der Waals surface area (Å²) in [5, 5.41) is 5.64. The fraction of sp³-hybridized carbons (Fsp3) is 0.222. The van der Waals surface area contributed by atoms with Crippen LogP contribution in [0.5, 0.6) is 5.75 Å². The van der Waals surface area contributed by atoms with Crippen LogP contribution in [0, 0.1) is 0 Å². The third-order valence-corrected chi connectivity index (χ3v) is 6.39. The molecule has 0 saturated carbocycles. The van der Waals surface area contributed by atoms with Gasteiger partial charge >= 0.3 is 0 Å². The summed E-state index contributed by atoms with van der Waals surface area (Å²) in [5.41, 5.74) is 0.909. The van der Waals surface area contributed by atoms with Crippen molar-refractivity contribution in [2.24, 2.45) is 5.10 Å². The third-order valence-electron chi connectivity index (χ3n) is 4.59. The first kappa shape index (κ1) is 17.5. The molecule has 4 rings (SSSR count). The van der Waals surface area contributed by atoms with Gasteiger partial charge < -0.3 is 4.74 Å². The number of nitrogens with zero attached hydrogens (tertiary/aromatic N) is 3. The number of fused-ring (bicyclic) bond motifs is 3. The van der Waals surface area contributed by atoms with Crippen molar-refractivity contribution in [2.45, 2.75) is 11.2 Å². The molecule has 1 N–H and O–H groups in total. The summed E-state index contributed by atoms with van der Waals surface area (Å²) < 4.78 is 32.4. The molecule has 2 aromatic rings. The van der Waals surface area contributed by atoms with Crippen LogP contribution in [0.15, 0.2) is 58.5 Å². The van der Waals surface area contributed by atoms with Crippen molar-refractivity contribution in [3.05, 3.63) is 59.7 Å². The Morgan fingerprint density at radius 2 is 1.78 bits per heavy atom. The normalized spacial score (nSPS) is 19.7. The first-order valence-corrected chi connectivity index (χ1v) is 9.80. The van der Waals surface area contributed by atoms with Gasteiger partial charge in [-0.1, -0.05) is 12.1 Å². The number of amides is 1. The molecule has 1 atom stereocenters. The first-order chi connectivity index (χ1) is 12.9. The predicted octanol–water partition coefficient (Wildman–Crippen LogP) is -0.0548. The molecular formula is C18H19N4O4S+. The van der Waals surface area contributed by atoms with Crippen LogP contribution in [0.4, 0.5) is 0 Å². The minimum atomic E-state index is -3.77. The summed E-state index contributed by atoms with van der Waals surface area (Å²) in [7, 11) is 1.35. The second-order valence-electron chi connectivity index (χ2n) is 6.55. The van der Waals surface area contributed by atoms with E-state index in [9.17, 15) is 13.2 Å². The number of hydrogen-bond acceptors (Lipinski definition) is 5. The highest BCUT2D eigenvalue weighted by molar-refractivity contribution is 7.90. The number of rotatable bonds is 3. The zero-order valence-electron chi connectivity index (χ0n) is 15.1. The Kier molecular flexibility index (Phi) is 3.93. The number of carbonyl (C=O) groups excluding carboxylic acids is 1. The second kappa shape index (κ2) is 6.07. The summed E-state index contributed by atoms with van der Waals surface area (Å²) in [6.07, 6.45) is -0.799. The van der Waals surface area contributed by atoms with Crippen molar-refractivity contribution in [1.82, 2.24) is 9.31 Å². The summed E-state index contributed by atoms with van der Waals surface area (Å²) in [4.78, 5) is 14.0. The van der Waals surface area contributed by atoms with Crippen molar-refractivity contribution in [3.8, 4) is 5.75 Å². The molecule has 9 heteroatoms. The van der Waals surface area contributed by atoms with E-state index < -0.39 is 16.3 Å². The molecule has 0 aromatic heterocycles. The number of carbonyl (C=O) groups is 1. The number of sulfonamides is 1. The van der Waals surface area contributed by atoms with E-state index in [1.807, 2.05) is 0 Å². The number of nitrogens with one attached hydrogen (secondary N) is 1. The van der Waals surface area contributed by atoms with Crippen LogP contribution in [0.3, 0.4) is 0 Å². The van der Waals surface area contributed by atoms with Crippen LogP contribution in [-0.2, 0) is 10.0 Å². The predicted molar refractivity (Wildman–Crippen MR) is 97.8 cm³/mol. The number of hydrogen-bond donors (Lipinski definition) is 1. The smallest absolute Gasteiger partial charge is 0.281 e. The summed E-state index contributed by atoms with van der Waals surface area (Å²) in [6.45, 7) is 0. The van der Waals surface area contributed by atoms with Crippen LogP contribution in [0.25, 0.3) is 0 Å². The zero-order valence-corrected chi connectivity index (χ0v) is 15.9. The quantitative estimate of drug-likeness (QED) is 0.800. The topological polar surface area (TPSA) is 83.7 Å². The van der Waals surface area contributed by atoms with E-state index in [0.29, 0.717) is 16.9 Å². The Labute approximate surface area is 157 Å². The summed E-state index contributed by atoms with van der Waals surface area (Å²) in [5.74, 6) is 0.531. The Morgan fingerprint density at radius 3 is 2.41 bits per heavy atom. The van der Waals surface area contributed by atoms with Gasteiger partial charge in [0.2, 0.25) is 0 Å². The molecule has 0 radical (unpaired) electrons. The molecule has 0 fully saturated rings. The lowest BCUT2D eigenvalue weighted by molar-refractivity contribution is -0.904.